The summed E-state index contributed by atoms with van der Waals surface area (Å²) in [5.74, 6) is -0.533. The van der Waals surface area contributed by atoms with Crippen molar-refractivity contribution in [3.63, 3.8) is 0 Å². The maximum atomic E-state index is 12.8. The summed E-state index contributed by atoms with van der Waals surface area (Å²) in [5.41, 5.74) is 3.38. The third-order valence-corrected chi connectivity index (χ3v) is 6.11. The Morgan fingerprint density at radius 2 is 2.00 bits per heavy atom. The fraction of sp³-hybridized carbons (Fsp3) is 0.412. The Kier molecular flexibility index (Phi) is 4.53. The van der Waals surface area contributed by atoms with Gasteiger partial charge < -0.3 is 4.42 Å². The third kappa shape index (κ3) is 2.97. The van der Waals surface area contributed by atoms with E-state index in [0.717, 1.165) is 23.5 Å². The van der Waals surface area contributed by atoms with Gasteiger partial charge in [0.25, 0.3) is 0 Å². The van der Waals surface area contributed by atoms with Gasteiger partial charge in [0.1, 0.15) is 0 Å². The number of sulfonamides is 1. The number of aryl methyl sites for hydroxylation is 3. The van der Waals surface area contributed by atoms with Crippen LogP contribution in [0.1, 0.15) is 36.8 Å². The highest BCUT2D eigenvalue weighted by Crippen LogP contribution is 2.24. The minimum absolute atomic E-state index is 0.0754. The summed E-state index contributed by atoms with van der Waals surface area (Å²) in [6.07, 6.45) is 0. The highest BCUT2D eigenvalue weighted by atomic mass is 32.2. The molecule has 0 aliphatic heterocycles. The van der Waals surface area contributed by atoms with Gasteiger partial charge in [-0.15, -0.1) is 0 Å². The summed E-state index contributed by atoms with van der Waals surface area (Å²) < 4.78 is 36.5. The van der Waals surface area contributed by atoms with Crippen LogP contribution in [0.3, 0.4) is 0 Å². The molecule has 2 heterocycles. The van der Waals surface area contributed by atoms with Crippen molar-refractivity contribution in [2.75, 3.05) is 0 Å². The molecule has 0 fully saturated rings. The molecule has 0 spiro atoms. The Balaban J connectivity index is 1.97. The van der Waals surface area contributed by atoms with Gasteiger partial charge >= 0.3 is 5.76 Å². The largest absolute Gasteiger partial charge is 0.419 e. The smallest absolute Gasteiger partial charge is 0.408 e. The van der Waals surface area contributed by atoms with E-state index in [-0.39, 0.29) is 4.90 Å². The molecule has 9 heteroatoms. The van der Waals surface area contributed by atoms with Gasteiger partial charge in [0.2, 0.25) is 10.0 Å². The van der Waals surface area contributed by atoms with Crippen LogP contribution >= 0.6 is 0 Å². The van der Waals surface area contributed by atoms with E-state index < -0.39 is 21.8 Å². The fourth-order valence-corrected chi connectivity index (χ4v) is 4.51. The number of hydrogen-bond acceptors (Lipinski definition) is 5. The first-order chi connectivity index (χ1) is 12.2. The highest BCUT2D eigenvalue weighted by Gasteiger charge is 2.24. The zero-order valence-electron chi connectivity index (χ0n) is 15.4. The topological polar surface area (TPSA) is 99.1 Å². The van der Waals surface area contributed by atoms with E-state index in [4.69, 9.17) is 4.42 Å². The molecule has 0 radical (unpaired) electrons. The number of hydrogen-bond donors (Lipinski definition) is 1. The number of benzene rings is 1. The number of oxazole rings is 1. The van der Waals surface area contributed by atoms with Crippen molar-refractivity contribution in [2.24, 2.45) is 7.05 Å². The molecule has 0 amide bonds. The average molecular weight is 378 g/mol. The average Bonchev–Trinajstić information content (AvgIpc) is 3.02. The van der Waals surface area contributed by atoms with Crippen LogP contribution < -0.4 is 10.5 Å². The van der Waals surface area contributed by atoms with E-state index in [1.165, 1.54) is 29.8 Å². The van der Waals surface area contributed by atoms with Crippen LogP contribution in [0, 0.1) is 13.8 Å². The Bertz CT molecular complexity index is 1140. The van der Waals surface area contributed by atoms with Gasteiger partial charge in [0.15, 0.2) is 5.58 Å². The number of aromatic nitrogens is 3. The summed E-state index contributed by atoms with van der Waals surface area (Å²) in [6.45, 7) is 8.30. The molecule has 3 rings (SSSR count). The van der Waals surface area contributed by atoms with Crippen LogP contribution in [-0.4, -0.2) is 22.8 Å². The molecule has 0 bridgehead atoms. The van der Waals surface area contributed by atoms with Gasteiger partial charge in [-0.1, -0.05) is 0 Å². The fourth-order valence-electron chi connectivity index (χ4n) is 3.28. The maximum Gasteiger partial charge on any atom is 0.419 e. The van der Waals surface area contributed by atoms with Gasteiger partial charge in [-0.2, -0.15) is 5.10 Å². The van der Waals surface area contributed by atoms with E-state index in [0.29, 0.717) is 11.1 Å². The molecule has 8 nitrogen and oxygen atoms in total. The summed E-state index contributed by atoms with van der Waals surface area (Å²) in [4.78, 5) is 11.7. The van der Waals surface area contributed by atoms with Crippen LogP contribution in [0.5, 0.6) is 0 Å². The quantitative estimate of drug-likeness (QED) is 0.732. The molecular formula is C17H22N4O4S. The molecule has 3 aromatic rings. The van der Waals surface area contributed by atoms with Gasteiger partial charge in [-0.3, -0.25) is 9.25 Å². The van der Waals surface area contributed by atoms with Crippen LogP contribution in [0.15, 0.2) is 32.3 Å². The Hall–Kier alpha value is -2.39. The molecule has 0 saturated heterocycles. The van der Waals surface area contributed by atoms with E-state index in [1.807, 2.05) is 25.5 Å². The molecule has 0 saturated carbocycles. The predicted molar refractivity (Wildman–Crippen MR) is 97.6 cm³/mol. The van der Waals surface area contributed by atoms with E-state index in [1.54, 1.807) is 6.92 Å². The standard InChI is InChI=1S/C17H22N4O4S/c1-6-21-12(4)16(10(2)18-21)11(3)19-26(23,24)13-7-8-15-14(9-13)20(5)17(22)25-15/h7-9,11,19H,6H2,1-5H3. The summed E-state index contributed by atoms with van der Waals surface area (Å²) >= 11 is 0. The number of nitrogens with zero attached hydrogens (tertiary/aromatic N) is 3. The Morgan fingerprint density at radius 3 is 2.62 bits per heavy atom. The van der Waals surface area contributed by atoms with Gasteiger partial charge in [0.05, 0.1) is 16.1 Å². The number of fused-ring (bicyclic) bond motifs is 1. The van der Waals surface area contributed by atoms with Gasteiger partial charge in [-0.25, -0.2) is 17.9 Å². The van der Waals surface area contributed by atoms with Crippen LogP contribution in [0.25, 0.3) is 11.1 Å². The lowest BCUT2D eigenvalue weighted by Gasteiger charge is -2.15. The van der Waals surface area contributed by atoms with Gasteiger partial charge in [0, 0.05) is 30.9 Å². The van der Waals surface area contributed by atoms with Crippen molar-refractivity contribution in [3.05, 3.63) is 45.7 Å². The molecule has 140 valence electrons. The molecular weight excluding hydrogens is 356 g/mol. The predicted octanol–water partition coefficient (Wildman–Crippen LogP) is 2.00. The van der Waals surface area contributed by atoms with Crippen molar-refractivity contribution in [1.82, 2.24) is 19.1 Å². The minimum Gasteiger partial charge on any atom is -0.408 e. The van der Waals surface area contributed by atoms with Crippen molar-refractivity contribution in [1.29, 1.82) is 0 Å². The van der Waals surface area contributed by atoms with Crippen molar-refractivity contribution in [2.45, 2.75) is 45.2 Å². The lowest BCUT2D eigenvalue weighted by molar-refractivity contribution is 0.528. The van der Waals surface area contributed by atoms with E-state index in [2.05, 4.69) is 9.82 Å². The zero-order valence-corrected chi connectivity index (χ0v) is 16.2. The van der Waals surface area contributed by atoms with Crippen molar-refractivity contribution in [3.8, 4) is 0 Å². The monoisotopic (exact) mass is 378 g/mol. The zero-order chi connectivity index (χ0) is 19.2. The second-order valence-corrected chi connectivity index (χ2v) is 8.01. The molecule has 0 aliphatic rings. The first kappa shape index (κ1) is 18.4. The normalized spacial score (nSPS) is 13.4. The SMILES string of the molecule is CCn1nc(C)c(C(C)NS(=O)(=O)c2ccc3oc(=O)n(C)c3c2)c1C. The summed E-state index contributed by atoms with van der Waals surface area (Å²) in [7, 11) is -2.25. The maximum absolute atomic E-state index is 12.8. The molecule has 26 heavy (non-hydrogen) atoms. The minimum atomic E-state index is -3.78. The molecule has 1 atom stereocenters. The molecule has 1 aromatic carbocycles. The van der Waals surface area contributed by atoms with Crippen molar-refractivity contribution < 1.29 is 12.8 Å². The molecule has 1 unspecified atom stereocenters. The summed E-state index contributed by atoms with van der Waals surface area (Å²) in [6, 6.07) is 3.91. The third-order valence-electron chi connectivity index (χ3n) is 4.58. The first-order valence-corrected chi connectivity index (χ1v) is 9.79. The lowest BCUT2D eigenvalue weighted by Crippen LogP contribution is -2.27. The van der Waals surface area contributed by atoms with Crippen LogP contribution in [0.2, 0.25) is 0 Å². The summed E-state index contributed by atoms with van der Waals surface area (Å²) in [5, 5.41) is 4.44. The molecule has 2 aromatic heterocycles. The second-order valence-electron chi connectivity index (χ2n) is 6.30. The Labute approximate surface area is 151 Å². The first-order valence-electron chi connectivity index (χ1n) is 8.31. The second kappa shape index (κ2) is 6.40. The van der Waals surface area contributed by atoms with E-state index in [9.17, 15) is 13.2 Å². The Morgan fingerprint density at radius 1 is 1.31 bits per heavy atom. The van der Waals surface area contributed by atoms with E-state index >= 15 is 0 Å². The van der Waals surface area contributed by atoms with Gasteiger partial charge in [-0.05, 0) is 45.9 Å². The number of rotatable bonds is 5. The molecule has 1 N–H and O–H groups in total. The van der Waals surface area contributed by atoms with Crippen LogP contribution in [-0.2, 0) is 23.6 Å². The highest BCUT2D eigenvalue weighted by molar-refractivity contribution is 7.89. The number of nitrogens with one attached hydrogen (secondary N) is 1. The van der Waals surface area contributed by atoms with Crippen LogP contribution in [0.4, 0.5) is 0 Å². The van der Waals surface area contributed by atoms with Crippen molar-refractivity contribution >= 4 is 21.1 Å². The lowest BCUT2D eigenvalue weighted by atomic mass is 10.1. The molecule has 0 aliphatic carbocycles.